The predicted octanol–water partition coefficient (Wildman–Crippen LogP) is 3.53. The number of anilines is 1. The fourth-order valence-electron chi connectivity index (χ4n) is 1.87. The molecule has 0 atom stereocenters. The van der Waals surface area contributed by atoms with Crippen LogP contribution in [0.4, 0.5) is 10.1 Å². The molecule has 0 spiro atoms. The van der Waals surface area contributed by atoms with Gasteiger partial charge in [-0.1, -0.05) is 20.8 Å². The predicted molar refractivity (Wildman–Crippen MR) is 82.1 cm³/mol. The number of carboxylic acids is 1. The zero-order valence-electron chi connectivity index (χ0n) is 12.3. The first kappa shape index (κ1) is 16.1. The average molecular weight is 322 g/mol. The molecule has 2 N–H and O–H groups in total. The number of aromatic nitrogens is 1. The molecule has 1 amide bonds. The molecular formula is C15H15FN2O3S. The lowest BCUT2D eigenvalue weighted by molar-refractivity contribution is 0.0696. The molecule has 0 aliphatic carbocycles. The summed E-state index contributed by atoms with van der Waals surface area (Å²) >= 11 is 1.18. The molecule has 1 heterocycles. The first-order valence-corrected chi connectivity index (χ1v) is 7.36. The maximum Gasteiger partial charge on any atom is 0.335 e. The Hall–Kier alpha value is -2.28. The van der Waals surface area contributed by atoms with E-state index >= 15 is 0 Å². The van der Waals surface area contributed by atoms with Gasteiger partial charge < -0.3 is 10.4 Å². The summed E-state index contributed by atoms with van der Waals surface area (Å²) in [5, 5.41) is 11.3. The molecule has 116 valence electrons. The third-order valence-electron chi connectivity index (χ3n) is 2.95. The van der Waals surface area contributed by atoms with Gasteiger partial charge in [-0.25, -0.2) is 14.2 Å². The summed E-state index contributed by atoms with van der Waals surface area (Å²) in [6.45, 7) is 5.79. The number of halogens is 1. The van der Waals surface area contributed by atoms with E-state index in [1.807, 2.05) is 20.8 Å². The van der Waals surface area contributed by atoms with Crippen molar-refractivity contribution in [3.05, 3.63) is 45.7 Å². The number of nitrogens with one attached hydrogen (secondary N) is 1. The van der Waals surface area contributed by atoms with Crippen LogP contribution in [0.1, 0.15) is 46.5 Å². The van der Waals surface area contributed by atoms with E-state index in [2.05, 4.69) is 10.3 Å². The van der Waals surface area contributed by atoms with Gasteiger partial charge in [0.05, 0.1) is 22.5 Å². The minimum absolute atomic E-state index is 0.0664. The molecule has 0 radical (unpaired) electrons. The number of carbonyl (C=O) groups is 2. The van der Waals surface area contributed by atoms with Gasteiger partial charge >= 0.3 is 5.97 Å². The van der Waals surface area contributed by atoms with Gasteiger partial charge in [0.15, 0.2) is 0 Å². The molecule has 2 aromatic rings. The molecule has 0 saturated heterocycles. The van der Waals surface area contributed by atoms with Crippen molar-refractivity contribution in [3.63, 3.8) is 0 Å². The highest BCUT2D eigenvalue weighted by molar-refractivity contribution is 7.12. The average Bonchev–Trinajstić information content (AvgIpc) is 2.90. The number of thiazole rings is 1. The third kappa shape index (κ3) is 3.30. The number of hydrogen-bond donors (Lipinski definition) is 2. The van der Waals surface area contributed by atoms with E-state index in [0.29, 0.717) is 10.6 Å². The van der Waals surface area contributed by atoms with Gasteiger partial charge in [-0.15, -0.1) is 11.3 Å². The first-order chi connectivity index (χ1) is 10.2. The van der Waals surface area contributed by atoms with Crippen molar-refractivity contribution in [2.24, 2.45) is 0 Å². The maximum atomic E-state index is 13.9. The Morgan fingerprint density at radius 3 is 2.55 bits per heavy atom. The van der Waals surface area contributed by atoms with Gasteiger partial charge in [-0.2, -0.15) is 0 Å². The van der Waals surface area contributed by atoms with Crippen molar-refractivity contribution >= 4 is 28.9 Å². The lowest BCUT2D eigenvalue weighted by atomic mass is 9.91. The zero-order chi connectivity index (χ0) is 16.5. The fraction of sp³-hybridized carbons (Fsp3) is 0.267. The number of amides is 1. The Kier molecular flexibility index (Phi) is 4.27. The van der Waals surface area contributed by atoms with Gasteiger partial charge in [-0.3, -0.25) is 4.79 Å². The summed E-state index contributed by atoms with van der Waals surface area (Å²) < 4.78 is 13.9. The molecule has 7 heteroatoms. The Morgan fingerprint density at radius 2 is 2.00 bits per heavy atom. The van der Waals surface area contributed by atoms with E-state index in [-0.39, 0.29) is 16.7 Å². The molecule has 0 bridgehead atoms. The van der Waals surface area contributed by atoms with E-state index in [9.17, 15) is 14.0 Å². The number of carboxylic acid groups (broad SMARTS) is 1. The van der Waals surface area contributed by atoms with Crippen molar-refractivity contribution in [2.75, 3.05) is 5.32 Å². The van der Waals surface area contributed by atoms with Crippen LogP contribution in [0.3, 0.4) is 0 Å². The number of carbonyl (C=O) groups excluding carboxylic acids is 1. The van der Waals surface area contributed by atoms with Crippen molar-refractivity contribution in [1.82, 2.24) is 4.98 Å². The lowest BCUT2D eigenvalue weighted by Gasteiger charge is -2.17. The summed E-state index contributed by atoms with van der Waals surface area (Å²) in [4.78, 5) is 27.7. The van der Waals surface area contributed by atoms with E-state index in [1.54, 1.807) is 5.51 Å². The quantitative estimate of drug-likeness (QED) is 0.906. The minimum Gasteiger partial charge on any atom is -0.478 e. The van der Waals surface area contributed by atoms with Crippen LogP contribution in [0.15, 0.2) is 23.7 Å². The molecule has 1 aromatic carbocycles. The SMILES string of the molecule is CC(C)(C)c1ncsc1C(=O)Nc1ccc(C(=O)O)cc1F. The lowest BCUT2D eigenvalue weighted by Crippen LogP contribution is -2.20. The Bertz CT molecular complexity index is 735. The smallest absolute Gasteiger partial charge is 0.335 e. The Morgan fingerprint density at radius 1 is 1.32 bits per heavy atom. The molecule has 0 fully saturated rings. The van der Waals surface area contributed by atoms with Crippen molar-refractivity contribution in [1.29, 1.82) is 0 Å². The highest BCUT2D eigenvalue weighted by Gasteiger charge is 2.25. The van der Waals surface area contributed by atoms with Crippen LogP contribution in [0.25, 0.3) is 0 Å². The second-order valence-corrected chi connectivity index (χ2v) is 6.59. The zero-order valence-corrected chi connectivity index (χ0v) is 13.1. The van der Waals surface area contributed by atoms with E-state index < -0.39 is 17.7 Å². The molecule has 0 saturated carbocycles. The number of nitrogens with zero attached hydrogens (tertiary/aromatic N) is 1. The molecule has 2 rings (SSSR count). The van der Waals surface area contributed by atoms with E-state index in [1.165, 1.54) is 23.5 Å². The maximum absolute atomic E-state index is 13.9. The second kappa shape index (κ2) is 5.84. The number of aromatic carboxylic acids is 1. The third-order valence-corrected chi connectivity index (χ3v) is 3.77. The van der Waals surface area contributed by atoms with Crippen LogP contribution in [0.2, 0.25) is 0 Å². The van der Waals surface area contributed by atoms with Gasteiger partial charge in [0, 0.05) is 5.41 Å². The Balaban J connectivity index is 2.27. The summed E-state index contributed by atoms with van der Waals surface area (Å²) in [6, 6.07) is 3.34. The van der Waals surface area contributed by atoms with Gasteiger partial charge in [0.1, 0.15) is 10.7 Å². The fourth-order valence-corrected chi connectivity index (χ4v) is 2.76. The molecule has 0 unspecified atom stereocenters. The van der Waals surface area contributed by atoms with Crippen LogP contribution in [0, 0.1) is 5.82 Å². The monoisotopic (exact) mass is 322 g/mol. The number of rotatable bonds is 3. The molecule has 0 aliphatic rings. The molecular weight excluding hydrogens is 307 g/mol. The van der Waals surface area contributed by atoms with Crippen LogP contribution in [0.5, 0.6) is 0 Å². The van der Waals surface area contributed by atoms with Crippen molar-refractivity contribution < 1.29 is 19.1 Å². The standard InChI is InChI=1S/C15H15FN2O3S/c1-15(2,3)12-11(22-7-17-12)13(19)18-10-5-4-8(14(20)21)6-9(10)16/h4-7H,1-3H3,(H,18,19)(H,20,21). The molecule has 0 aliphatic heterocycles. The topological polar surface area (TPSA) is 79.3 Å². The molecule has 5 nitrogen and oxygen atoms in total. The highest BCUT2D eigenvalue weighted by atomic mass is 32.1. The number of benzene rings is 1. The van der Waals surface area contributed by atoms with Crippen LogP contribution >= 0.6 is 11.3 Å². The highest BCUT2D eigenvalue weighted by Crippen LogP contribution is 2.28. The van der Waals surface area contributed by atoms with Crippen molar-refractivity contribution in [3.8, 4) is 0 Å². The largest absolute Gasteiger partial charge is 0.478 e. The summed E-state index contributed by atoms with van der Waals surface area (Å²) in [7, 11) is 0. The van der Waals surface area contributed by atoms with E-state index in [4.69, 9.17) is 5.11 Å². The van der Waals surface area contributed by atoms with Crippen LogP contribution in [-0.4, -0.2) is 22.0 Å². The van der Waals surface area contributed by atoms with Gasteiger partial charge in [0.2, 0.25) is 0 Å². The minimum atomic E-state index is -1.23. The van der Waals surface area contributed by atoms with Crippen LogP contribution < -0.4 is 5.32 Å². The first-order valence-electron chi connectivity index (χ1n) is 6.48. The molecule has 1 aromatic heterocycles. The second-order valence-electron chi connectivity index (χ2n) is 5.73. The summed E-state index contributed by atoms with van der Waals surface area (Å²) in [6.07, 6.45) is 0. The molecule has 22 heavy (non-hydrogen) atoms. The van der Waals surface area contributed by atoms with Gasteiger partial charge in [0.25, 0.3) is 5.91 Å². The van der Waals surface area contributed by atoms with Gasteiger partial charge in [-0.05, 0) is 18.2 Å². The normalized spacial score (nSPS) is 11.3. The van der Waals surface area contributed by atoms with Crippen molar-refractivity contribution in [2.45, 2.75) is 26.2 Å². The Labute approximate surface area is 130 Å². The van der Waals surface area contributed by atoms with E-state index in [0.717, 1.165) is 6.07 Å². The van der Waals surface area contributed by atoms with Crippen LogP contribution in [-0.2, 0) is 5.41 Å². The summed E-state index contributed by atoms with van der Waals surface area (Å²) in [5.41, 5.74) is 1.65. The number of hydrogen-bond acceptors (Lipinski definition) is 4. The summed E-state index contributed by atoms with van der Waals surface area (Å²) in [5.74, 6) is -2.49.